The van der Waals surface area contributed by atoms with Crippen LogP contribution in [0.5, 0.6) is 0 Å². The van der Waals surface area contributed by atoms with Crippen molar-refractivity contribution in [2.24, 2.45) is 0 Å². The third kappa shape index (κ3) is 3.25. The van der Waals surface area contributed by atoms with Gasteiger partial charge in [0.1, 0.15) is 5.56 Å². The van der Waals surface area contributed by atoms with Gasteiger partial charge < -0.3 is 14.7 Å². The quantitative estimate of drug-likeness (QED) is 0.898. The molecule has 1 saturated heterocycles. The Kier molecular flexibility index (Phi) is 4.89. The standard InChI is InChI=1S/C14H19FN2O3/c1-2-8-20-10-4-3-7-17(9-10)13-12(15)11(14(18)19)5-6-16-13/h5-6,10H,2-4,7-9H2,1H3,(H,18,19). The summed E-state index contributed by atoms with van der Waals surface area (Å²) in [5.74, 6) is -1.94. The van der Waals surface area contributed by atoms with Crippen molar-refractivity contribution < 1.29 is 19.0 Å². The Bertz CT molecular complexity index is 481. The number of anilines is 1. The van der Waals surface area contributed by atoms with Gasteiger partial charge in [0.05, 0.1) is 6.10 Å². The number of hydrogen-bond donors (Lipinski definition) is 1. The molecule has 0 aromatic carbocycles. The van der Waals surface area contributed by atoms with E-state index in [9.17, 15) is 9.18 Å². The number of aromatic nitrogens is 1. The Morgan fingerprint density at radius 3 is 3.15 bits per heavy atom. The Morgan fingerprint density at radius 2 is 2.45 bits per heavy atom. The van der Waals surface area contributed by atoms with E-state index in [0.717, 1.165) is 19.3 Å². The zero-order valence-corrected chi connectivity index (χ0v) is 11.5. The molecule has 1 aromatic rings. The van der Waals surface area contributed by atoms with Crippen LogP contribution in [0, 0.1) is 5.82 Å². The van der Waals surface area contributed by atoms with Gasteiger partial charge in [-0.3, -0.25) is 0 Å². The summed E-state index contributed by atoms with van der Waals surface area (Å²) in [6, 6.07) is 1.18. The van der Waals surface area contributed by atoms with E-state index in [1.807, 2.05) is 6.92 Å². The fourth-order valence-electron chi connectivity index (χ4n) is 2.37. The Balaban J connectivity index is 2.14. The van der Waals surface area contributed by atoms with E-state index in [2.05, 4.69) is 4.98 Å². The van der Waals surface area contributed by atoms with Gasteiger partial charge in [-0.15, -0.1) is 0 Å². The van der Waals surface area contributed by atoms with Crippen molar-refractivity contribution in [3.8, 4) is 0 Å². The molecule has 1 aliphatic rings. The summed E-state index contributed by atoms with van der Waals surface area (Å²) in [6.07, 6.45) is 4.15. The second-order valence-electron chi connectivity index (χ2n) is 4.88. The molecule has 1 aliphatic heterocycles. The molecule has 2 rings (SSSR count). The summed E-state index contributed by atoms with van der Waals surface area (Å²) in [5.41, 5.74) is -0.341. The lowest BCUT2D eigenvalue weighted by molar-refractivity contribution is 0.0438. The van der Waals surface area contributed by atoms with Gasteiger partial charge in [-0.1, -0.05) is 6.92 Å². The highest BCUT2D eigenvalue weighted by molar-refractivity contribution is 5.88. The topological polar surface area (TPSA) is 62.7 Å². The lowest BCUT2D eigenvalue weighted by atomic mass is 10.1. The monoisotopic (exact) mass is 282 g/mol. The van der Waals surface area contributed by atoms with Crippen LogP contribution in [0.1, 0.15) is 36.5 Å². The number of aromatic carboxylic acids is 1. The van der Waals surface area contributed by atoms with Gasteiger partial charge in [-0.25, -0.2) is 14.2 Å². The highest BCUT2D eigenvalue weighted by atomic mass is 19.1. The number of hydrogen-bond acceptors (Lipinski definition) is 4. The van der Waals surface area contributed by atoms with Gasteiger partial charge in [0.15, 0.2) is 11.6 Å². The largest absolute Gasteiger partial charge is 0.478 e. The smallest absolute Gasteiger partial charge is 0.338 e. The first-order valence-electron chi connectivity index (χ1n) is 6.87. The predicted molar refractivity (Wildman–Crippen MR) is 72.6 cm³/mol. The van der Waals surface area contributed by atoms with E-state index in [4.69, 9.17) is 9.84 Å². The van der Waals surface area contributed by atoms with Crippen molar-refractivity contribution in [1.82, 2.24) is 4.98 Å². The van der Waals surface area contributed by atoms with Crippen LogP contribution in [0.2, 0.25) is 0 Å². The molecule has 1 N–H and O–H groups in total. The van der Waals surface area contributed by atoms with Crippen LogP contribution in [-0.2, 0) is 4.74 Å². The molecule has 0 aliphatic carbocycles. The molecule has 1 fully saturated rings. The molecule has 0 saturated carbocycles. The fourth-order valence-corrected chi connectivity index (χ4v) is 2.37. The lowest BCUT2D eigenvalue weighted by Crippen LogP contribution is -2.41. The number of carboxylic acid groups (broad SMARTS) is 1. The number of carboxylic acids is 1. The minimum atomic E-state index is -1.28. The molecule has 0 spiro atoms. The lowest BCUT2D eigenvalue weighted by Gasteiger charge is -2.33. The van der Waals surface area contributed by atoms with Crippen LogP contribution in [0.4, 0.5) is 10.2 Å². The molecular formula is C14H19FN2O3. The number of rotatable bonds is 5. The Morgan fingerprint density at radius 1 is 1.65 bits per heavy atom. The maximum absolute atomic E-state index is 14.2. The van der Waals surface area contributed by atoms with E-state index >= 15 is 0 Å². The summed E-state index contributed by atoms with van der Waals surface area (Å²) in [7, 11) is 0. The number of ether oxygens (including phenoxy) is 1. The van der Waals surface area contributed by atoms with Gasteiger partial charge in [-0.2, -0.15) is 0 Å². The molecule has 0 bridgehead atoms. The highest BCUT2D eigenvalue weighted by Crippen LogP contribution is 2.24. The predicted octanol–water partition coefficient (Wildman–Crippen LogP) is 2.31. The molecule has 20 heavy (non-hydrogen) atoms. The Hall–Kier alpha value is -1.69. The molecule has 1 aromatic heterocycles. The molecule has 0 amide bonds. The van der Waals surface area contributed by atoms with Crippen molar-refractivity contribution in [3.63, 3.8) is 0 Å². The zero-order chi connectivity index (χ0) is 14.5. The summed E-state index contributed by atoms with van der Waals surface area (Å²) >= 11 is 0. The second-order valence-corrected chi connectivity index (χ2v) is 4.88. The van der Waals surface area contributed by atoms with E-state index < -0.39 is 11.8 Å². The average molecular weight is 282 g/mol. The number of halogens is 1. The third-order valence-electron chi connectivity index (χ3n) is 3.34. The minimum Gasteiger partial charge on any atom is -0.478 e. The molecule has 1 atom stereocenters. The normalized spacial score (nSPS) is 19.1. The molecule has 1 unspecified atom stereocenters. The molecular weight excluding hydrogens is 263 g/mol. The molecule has 5 nitrogen and oxygen atoms in total. The van der Waals surface area contributed by atoms with Gasteiger partial charge >= 0.3 is 5.97 Å². The summed E-state index contributed by atoms with van der Waals surface area (Å²) in [5, 5.41) is 8.95. The van der Waals surface area contributed by atoms with E-state index in [-0.39, 0.29) is 17.5 Å². The van der Waals surface area contributed by atoms with Gasteiger partial charge in [0.25, 0.3) is 0 Å². The van der Waals surface area contributed by atoms with Crippen molar-refractivity contribution in [1.29, 1.82) is 0 Å². The van der Waals surface area contributed by atoms with Gasteiger partial charge in [0, 0.05) is 25.9 Å². The van der Waals surface area contributed by atoms with Crippen molar-refractivity contribution >= 4 is 11.8 Å². The van der Waals surface area contributed by atoms with Crippen LogP contribution in [0.3, 0.4) is 0 Å². The SMILES string of the molecule is CCCOC1CCCN(c2nccc(C(=O)O)c2F)C1. The fraction of sp³-hybridized carbons (Fsp3) is 0.571. The second kappa shape index (κ2) is 6.65. The average Bonchev–Trinajstić information content (AvgIpc) is 2.45. The third-order valence-corrected chi connectivity index (χ3v) is 3.34. The number of carbonyl (C=O) groups is 1. The first-order chi connectivity index (χ1) is 9.63. The van der Waals surface area contributed by atoms with Gasteiger partial charge in [0.2, 0.25) is 0 Å². The maximum atomic E-state index is 14.2. The van der Waals surface area contributed by atoms with Gasteiger partial charge in [-0.05, 0) is 25.3 Å². The number of piperidine rings is 1. The minimum absolute atomic E-state index is 0.0541. The molecule has 110 valence electrons. The van der Waals surface area contributed by atoms with Crippen molar-refractivity contribution in [2.45, 2.75) is 32.3 Å². The van der Waals surface area contributed by atoms with E-state index in [0.29, 0.717) is 19.7 Å². The molecule has 0 radical (unpaired) electrons. The van der Waals surface area contributed by atoms with Crippen LogP contribution >= 0.6 is 0 Å². The molecule has 2 heterocycles. The van der Waals surface area contributed by atoms with Crippen LogP contribution < -0.4 is 4.90 Å². The maximum Gasteiger partial charge on any atom is 0.338 e. The number of nitrogens with zero attached hydrogens (tertiary/aromatic N) is 2. The van der Waals surface area contributed by atoms with Crippen LogP contribution in [0.25, 0.3) is 0 Å². The zero-order valence-electron chi connectivity index (χ0n) is 11.5. The first kappa shape index (κ1) is 14.7. The van der Waals surface area contributed by atoms with Crippen molar-refractivity contribution in [2.75, 3.05) is 24.6 Å². The summed E-state index contributed by atoms with van der Waals surface area (Å²) in [4.78, 5) is 16.7. The number of pyridine rings is 1. The summed E-state index contributed by atoms with van der Waals surface area (Å²) in [6.45, 7) is 3.94. The first-order valence-corrected chi connectivity index (χ1v) is 6.87. The summed E-state index contributed by atoms with van der Waals surface area (Å²) < 4.78 is 19.9. The van der Waals surface area contributed by atoms with Crippen LogP contribution in [0.15, 0.2) is 12.3 Å². The van der Waals surface area contributed by atoms with E-state index in [1.54, 1.807) is 4.90 Å². The highest BCUT2D eigenvalue weighted by Gasteiger charge is 2.25. The van der Waals surface area contributed by atoms with Crippen LogP contribution in [-0.4, -0.2) is 41.9 Å². The van der Waals surface area contributed by atoms with Crippen molar-refractivity contribution in [3.05, 3.63) is 23.6 Å². The van der Waals surface area contributed by atoms with E-state index in [1.165, 1.54) is 12.3 Å². The molecule has 6 heteroatoms. The Labute approximate surface area is 117 Å².